The van der Waals surface area contributed by atoms with Crippen molar-refractivity contribution in [2.24, 2.45) is 0 Å². The molecule has 1 aliphatic heterocycles. The summed E-state index contributed by atoms with van der Waals surface area (Å²) in [5.41, 5.74) is 9.52. The number of nitrogen functional groups attached to an aromatic ring is 1. The number of H-pyrrole nitrogens is 1. The van der Waals surface area contributed by atoms with E-state index in [2.05, 4.69) is 25.6 Å². The zero-order valence-electron chi connectivity index (χ0n) is 21.0. The van der Waals surface area contributed by atoms with Gasteiger partial charge in [-0.05, 0) is 56.2 Å². The molecule has 1 aliphatic rings. The Morgan fingerprint density at radius 2 is 1.92 bits per heavy atom. The fraction of sp³-hybridized carbons (Fsp3) is 0.269. The predicted molar refractivity (Wildman–Crippen MR) is 141 cm³/mol. The lowest BCUT2D eigenvalue weighted by atomic mass is 9.97. The lowest BCUT2D eigenvalue weighted by Crippen LogP contribution is -2.38. The molecular formula is C26H25FN8O3. The highest BCUT2D eigenvalue weighted by Crippen LogP contribution is 2.36. The molecule has 4 N–H and O–H groups in total. The molecule has 0 spiro atoms. The van der Waals surface area contributed by atoms with E-state index in [9.17, 15) is 9.59 Å². The molecule has 0 saturated carbocycles. The average Bonchev–Trinajstić information content (AvgIpc) is 3.37. The molecule has 0 saturated heterocycles. The minimum Gasteiger partial charge on any atom is -0.408 e. The summed E-state index contributed by atoms with van der Waals surface area (Å²) in [5.74, 6) is -0.276. The van der Waals surface area contributed by atoms with Crippen molar-refractivity contribution in [3.05, 3.63) is 58.0 Å². The quantitative estimate of drug-likeness (QED) is 0.308. The molecule has 38 heavy (non-hydrogen) atoms. The Bertz CT molecular complexity index is 1800. The van der Waals surface area contributed by atoms with Gasteiger partial charge in [-0.1, -0.05) is 0 Å². The monoisotopic (exact) mass is 516 g/mol. The number of benzene rings is 2. The van der Waals surface area contributed by atoms with E-state index in [1.54, 1.807) is 28.9 Å². The molecule has 0 bridgehead atoms. The molecule has 1 amide bonds. The Balaban J connectivity index is 1.35. The zero-order chi connectivity index (χ0) is 26.7. The van der Waals surface area contributed by atoms with Gasteiger partial charge in [0.15, 0.2) is 23.0 Å². The predicted octanol–water partition coefficient (Wildman–Crippen LogP) is 3.49. The van der Waals surface area contributed by atoms with Crippen molar-refractivity contribution in [1.82, 2.24) is 29.9 Å². The maximum atomic E-state index is 15.4. The van der Waals surface area contributed by atoms with Gasteiger partial charge in [0.1, 0.15) is 12.1 Å². The second kappa shape index (κ2) is 8.68. The molecule has 0 radical (unpaired) electrons. The number of carbonyl (C=O) groups is 1. The lowest BCUT2D eigenvalue weighted by Gasteiger charge is -2.24. The van der Waals surface area contributed by atoms with Crippen LogP contribution in [-0.4, -0.2) is 48.4 Å². The van der Waals surface area contributed by atoms with Gasteiger partial charge in [-0.25, -0.2) is 9.18 Å². The van der Waals surface area contributed by atoms with Crippen molar-refractivity contribution in [1.29, 1.82) is 0 Å². The number of aryl methyl sites for hydroxylation is 1. The number of hydrogen-bond donors (Lipinski definition) is 3. The minimum atomic E-state index is -0.634. The molecule has 0 aliphatic carbocycles. The van der Waals surface area contributed by atoms with E-state index in [1.807, 2.05) is 31.7 Å². The summed E-state index contributed by atoms with van der Waals surface area (Å²) in [6.45, 7) is 6.61. The number of nitrogens with one attached hydrogen (secondary N) is 2. The molecule has 4 heterocycles. The number of nitrogens with zero attached hydrogens (tertiary/aromatic N) is 5. The normalized spacial score (nSPS) is 13.9. The Hall–Kier alpha value is -4.74. The van der Waals surface area contributed by atoms with Gasteiger partial charge in [0.25, 0.3) is 0 Å². The van der Waals surface area contributed by atoms with E-state index >= 15 is 4.39 Å². The van der Waals surface area contributed by atoms with E-state index in [-0.39, 0.29) is 35.3 Å². The van der Waals surface area contributed by atoms with E-state index in [4.69, 9.17) is 10.2 Å². The smallest absolute Gasteiger partial charge is 0.408 e. The molecular weight excluding hydrogens is 491 g/mol. The first-order valence-electron chi connectivity index (χ1n) is 12.2. The second-order valence-electron chi connectivity index (χ2n) is 9.73. The number of oxazole rings is 1. The zero-order valence-corrected chi connectivity index (χ0v) is 21.0. The summed E-state index contributed by atoms with van der Waals surface area (Å²) in [4.78, 5) is 28.6. The van der Waals surface area contributed by atoms with Crippen LogP contribution in [-0.2, 0) is 17.8 Å². The molecule has 194 valence electrons. The number of carbonyl (C=O) groups excluding carboxylic acids is 1. The number of rotatable bonds is 4. The van der Waals surface area contributed by atoms with Gasteiger partial charge in [-0.3, -0.25) is 14.5 Å². The average molecular weight is 517 g/mol. The summed E-state index contributed by atoms with van der Waals surface area (Å²) in [6, 6.07) is 8.70. The topological polar surface area (TPSA) is 148 Å². The van der Waals surface area contributed by atoms with Crippen molar-refractivity contribution in [2.75, 3.05) is 17.6 Å². The highest BCUT2D eigenvalue weighted by Gasteiger charge is 2.24. The standard InChI is InChI=1S/C26H25FN8O3/c1-12(2)34-5-4-15-9-21(33-35(15)11-22(34)36)30-20-8-14-7-17(23(27)24(28)25(14)32-31-20)16-10-19-18(6-13(16)3)29-26(37)38-19/h6-10,12H,4-5,11,28H2,1-3H3,(H,29,37)(H,30,31,33). The van der Waals surface area contributed by atoms with Crippen molar-refractivity contribution in [3.63, 3.8) is 0 Å². The van der Waals surface area contributed by atoms with Gasteiger partial charge in [0, 0.05) is 41.7 Å². The first kappa shape index (κ1) is 23.6. The van der Waals surface area contributed by atoms with Crippen LogP contribution in [0.2, 0.25) is 0 Å². The van der Waals surface area contributed by atoms with Crippen LogP contribution in [0.4, 0.5) is 21.7 Å². The number of halogens is 1. The van der Waals surface area contributed by atoms with Gasteiger partial charge in [0.2, 0.25) is 5.91 Å². The van der Waals surface area contributed by atoms with Crippen molar-refractivity contribution in [2.45, 2.75) is 39.8 Å². The van der Waals surface area contributed by atoms with Crippen molar-refractivity contribution < 1.29 is 13.6 Å². The van der Waals surface area contributed by atoms with Crippen LogP contribution in [0.25, 0.3) is 33.1 Å². The van der Waals surface area contributed by atoms with Crippen LogP contribution in [0.5, 0.6) is 0 Å². The van der Waals surface area contributed by atoms with Gasteiger partial charge in [-0.15, -0.1) is 10.2 Å². The van der Waals surface area contributed by atoms with E-state index in [0.29, 0.717) is 46.7 Å². The van der Waals surface area contributed by atoms with Crippen LogP contribution < -0.4 is 16.8 Å². The summed E-state index contributed by atoms with van der Waals surface area (Å²) in [6.07, 6.45) is 0.687. The Kier molecular flexibility index (Phi) is 5.40. The van der Waals surface area contributed by atoms with Crippen molar-refractivity contribution >= 4 is 45.2 Å². The molecule has 5 aromatic rings. The number of amides is 1. The fourth-order valence-corrected chi connectivity index (χ4v) is 4.96. The van der Waals surface area contributed by atoms with Gasteiger partial charge in [-0.2, -0.15) is 5.10 Å². The molecule has 0 fully saturated rings. The SMILES string of the molecule is Cc1cc2[nH]c(=O)oc2cc1-c1cc2cc(Nc3cc4n(n3)CC(=O)N(C(C)C)CC4)nnc2c(N)c1F. The van der Waals surface area contributed by atoms with Gasteiger partial charge in [0.05, 0.1) is 11.2 Å². The summed E-state index contributed by atoms with van der Waals surface area (Å²) in [5, 5.41) is 16.5. The number of anilines is 3. The maximum Gasteiger partial charge on any atom is 0.417 e. The van der Waals surface area contributed by atoms with Crippen LogP contribution in [0.1, 0.15) is 25.1 Å². The highest BCUT2D eigenvalue weighted by atomic mass is 19.1. The first-order chi connectivity index (χ1) is 18.2. The molecule has 0 unspecified atom stereocenters. The van der Waals surface area contributed by atoms with Gasteiger partial charge < -0.3 is 20.4 Å². The van der Waals surface area contributed by atoms with E-state index < -0.39 is 11.6 Å². The largest absolute Gasteiger partial charge is 0.417 e. The highest BCUT2D eigenvalue weighted by molar-refractivity contribution is 5.96. The van der Waals surface area contributed by atoms with Crippen LogP contribution >= 0.6 is 0 Å². The van der Waals surface area contributed by atoms with E-state index in [0.717, 1.165) is 11.3 Å². The molecule has 12 heteroatoms. The third-order valence-electron chi connectivity index (χ3n) is 6.86. The Morgan fingerprint density at radius 3 is 2.71 bits per heavy atom. The molecule has 0 atom stereocenters. The van der Waals surface area contributed by atoms with Crippen LogP contribution in [0, 0.1) is 12.7 Å². The lowest BCUT2D eigenvalue weighted by molar-refractivity contribution is -0.133. The number of nitrogens with two attached hydrogens (primary N) is 1. The third kappa shape index (κ3) is 3.94. The number of fused-ring (bicyclic) bond motifs is 3. The third-order valence-corrected chi connectivity index (χ3v) is 6.86. The second-order valence-corrected chi connectivity index (χ2v) is 9.73. The van der Waals surface area contributed by atoms with Crippen LogP contribution in [0.15, 0.2) is 39.5 Å². The van der Waals surface area contributed by atoms with E-state index in [1.165, 1.54) is 0 Å². The Labute approximate surface area is 215 Å². The number of aromatic nitrogens is 5. The summed E-state index contributed by atoms with van der Waals surface area (Å²) < 4.78 is 22.2. The summed E-state index contributed by atoms with van der Waals surface area (Å²) >= 11 is 0. The molecule has 3 aromatic heterocycles. The molecule has 11 nitrogen and oxygen atoms in total. The fourth-order valence-electron chi connectivity index (χ4n) is 4.96. The molecule has 2 aromatic carbocycles. The number of hydrogen-bond acceptors (Lipinski definition) is 8. The summed E-state index contributed by atoms with van der Waals surface area (Å²) in [7, 11) is 0. The number of aromatic amines is 1. The first-order valence-corrected chi connectivity index (χ1v) is 12.2. The van der Waals surface area contributed by atoms with Crippen molar-refractivity contribution in [3.8, 4) is 11.1 Å². The Morgan fingerprint density at radius 1 is 1.11 bits per heavy atom. The maximum absolute atomic E-state index is 15.4. The van der Waals surface area contributed by atoms with Crippen LogP contribution in [0.3, 0.4) is 0 Å². The molecule has 6 rings (SSSR count). The minimum absolute atomic E-state index is 0.0244. The van der Waals surface area contributed by atoms with Gasteiger partial charge >= 0.3 is 5.76 Å².